The molecule has 1 aliphatic carbocycles. The minimum absolute atomic E-state index is 0.0103. The van der Waals surface area contributed by atoms with Crippen molar-refractivity contribution in [3.8, 4) is 0 Å². The molecule has 4 rings (SSSR count). The molecular formula is C56H90NO14P. The summed E-state index contributed by atoms with van der Waals surface area (Å²) in [7, 11) is 1.70. The Balaban J connectivity index is 1.70. The number of carbonyl (C=O) groups excluding carboxylic acids is 5. The van der Waals surface area contributed by atoms with E-state index in [-0.39, 0.29) is 66.8 Å². The summed E-state index contributed by atoms with van der Waals surface area (Å²) < 4.78 is 49.5. The van der Waals surface area contributed by atoms with Crippen molar-refractivity contribution in [1.29, 1.82) is 0 Å². The number of amides is 1. The quantitative estimate of drug-likeness (QED) is 0.0910. The van der Waals surface area contributed by atoms with E-state index in [2.05, 4.69) is 0 Å². The largest absolute Gasteiger partial charge is 0.460 e. The average Bonchev–Trinajstić information content (AvgIpc) is 3.32. The van der Waals surface area contributed by atoms with E-state index in [0.29, 0.717) is 69.5 Å². The van der Waals surface area contributed by atoms with Gasteiger partial charge in [0.15, 0.2) is 5.78 Å². The van der Waals surface area contributed by atoms with Crippen LogP contribution in [0.15, 0.2) is 47.6 Å². The number of methoxy groups -OCH3 is 3. The van der Waals surface area contributed by atoms with E-state index in [0.717, 1.165) is 12.0 Å². The number of nitrogens with zero attached hydrogens (tertiary/aromatic N) is 1. The number of allylic oxidation sites excluding steroid dienone is 6. The van der Waals surface area contributed by atoms with Crippen LogP contribution in [0.4, 0.5) is 0 Å². The van der Waals surface area contributed by atoms with Crippen LogP contribution >= 0.6 is 7.37 Å². The van der Waals surface area contributed by atoms with Crippen LogP contribution in [0.1, 0.15) is 139 Å². The molecule has 3 heterocycles. The van der Waals surface area contributed by atoms with Gasteiger partial charge in [0, 0.05) is 71.3 Å². The molecule has 0 aromatic carbocycles. The molecule has 3 aliphatic heterocycles. The number of Topliss-reactive ketones (excluding diaryl/α,β-unsaturated/α-hetero) is 3. The molecule has 16 heteroatoms. The molecule has 72 heavy (non-hydrogen) atoms. The van der Waals surface area contributed by atoms with Crippen LogP contribution in [0, 0.1) is 41.4 Å². The first-order chi connectivity index (χ1) is 33.9. The van der Waals surface area contributed by atoms with Gasteiger partial charge >= 0.3 is 5.97 Å². The van der Waals surface area contributed by atoms with Gasteiger partial charge in [0.05, 0.1) is 24.4 Å². The highest BCUT2D eigenvalue weighted by Crippen LogP contribution is 2.49. The van der Waals surface area contributed by atoms with Crippen molar-refractivity contribution in [3.63, 3.8) is 0 Å². The smallest absolute Gasteiger partial charge is 0.329 e. The van der Waals surface area contributed by atoms with E-state index < -0.39 is 85.1 Å². The summed E-state index contributed by atoms with van der Waals surface area (Å²) in [5.74, 6) is -7.92. The number of hydrogen-bond donors (Lipinski definition) is 2. The fourth-order valence-corrected chi connectivity index (χ4v) is 13.4. The van der Waals surface area contributed by atoms with Crippen LogP contribution in [0.2, 0.25) is 0 Å². The Labute approximate surface area is 430 Å². The molecule has 2 saturated heterocycles. The molecule has 4 aliphatic rings. The second-order valence-corrected chi connectivity index (χ2v) is 24.9. The number of rotatable bonds is 10. The number of ether oxygens (including phenoxy) is 5. The molecule has 15 nitrogen and oxygen atoms in total. The first-order valence-corrected chi connectivity index (χ1v) is 28.9. The van der Waals surface area contributed by atoms with Crippen molar-refractivity contribution in [3.05, 3.63) is 47.6 Å². The maximum atomic E-state index is 14.6. The summed E-state index contributed by atoms with van der Waals surface area (Å²) in [6, 6.07) is -1.16. The van der Waals surface area contributed by atoms with Crippen molar-refractivity contribution >= 4 is 36.6 Å². The van der Waals surface area contributed by atoms with Gasteiger partial charge in [0.25, 0.3) is 11.7 Å². The van der Waals surface area contributed by atoms with Gasteiger partial charge in [-0.3, -0.25) is 23.7 Å². The van der Waals surface area contributed by atoms with Crippen LogP contribution in [-0.2, 0) is 56.7 Å². The number of piperidine rings is 1. The van der Waals surface area contributed by atoms with E-state index in [1.54, 1.807) is 47.7 Å². The lowest BCUT2D eigenvalue weighted by molar-refractivity contribution is -0.265. The summed E-state index contributed by atoms with van der Waals surface area (Å²) in [5, 5.41) is 23.5. The van der Waals surface area contributed by atoms with Gasteiger partial charge in [0.1, 0.15) is 30.1 Å². The van der Waals surface area contributed by atoms with Gasteiger partial charge in [-0.15, -0.1) is 0 Å². The first-order valence-electron chi connectivity index (χ1n) is 26.6. The van der Waals surface area contributed by atoms with Crippen molar-refractivity contribution in [1.82, 2.24) is 4.90 Å². The van der Waals surface area contributed by atoms with Crippen LogP contribution in [0.25, 0.3) is 0 Å². The molecule has 1 unspecified atom stereocenters. The van der Waals surface area contributed by atoms with E-state index in [4.69, 9.17) is 28.2 Å². The zero-order valence-electron chi connectivity index (χ0n) is 45.7. The number of ketones is 3. The molecule has 3 fully saturated rings. The van der Waals surface area contributed by atoms with Crippen LogP contribution in [0.3, 0.4) is 0 Å². The topological polar surface area (TPSA) is 201 Å². The number of aliphatic hydroxyl groups excluding tert-OH is 1. The Kier molecular flexibility index (Phi) is 24.0. The summed E-state index contributed by atoms with van der Waals surface area (Å²) in [5.41, 5.74) is 1.26. The van der Waals surface area contributed by atoms with Gasteiger partial charge in [-0.05, 0) is 113 Å². The molecule has 0 aromatic heterocycles. The Morgan fingerprint density at radius 3 is 2.21 bits per heavy atom. The van der Waals surface area contributed by atoms with Gasteiger partial charge in [0.2, 0.25) is 13.2 Å². The molecule has 0 radical (unpaired) electrons. The highest BCUT2D eigenvalue weighted by atomic mass is 31.2. The highest BCUT2D eigenvalue weighted by Gasteiger charge is 2.53. The van der Waals surface area contributed by atoms with E-state index in [9.17, 15) is 38.8 Å². The second-order valence-electron chi connectivity index (χ2n) is 22.3. The number of aliphatic hydroxyl groups is 2. The zero-order valence-corrected chi connectivity index (χ0v) is 46.6. The third kappa shape index (κ3) is 16.9. The molecule has 1 amide bonds. The standard InChI is InChI=1S/C56H90NO14P/c1-34(2)33-72(13,65)71-46-25-23-42(30-49(46)67-11)29-38(6)48-32-45(58)37(5)28-40(8)51(60)52(68-12)50(59)39(7)27-35(3)19-15-14-16-20-36(4)47(66-10)31-43-24-22-41(9)56(64,70-43)53(61)54(62)57-26-18-17-21-44(57)55(63)69-48/h14-16,19-20,28,34-35,37-39,41-44,46-49,51-52,60,64H,17-18,21-27,29-33H2,1-13H3/b16-14?,19-15+,36-20?,40-28+/t35-,37-,38-,39-,41-,42+,43+,44+,46-,47+,48+,49-,51-,52+,56-,72?/m1/s1. The maximum Gasteiger partial charge on any atom is 0.329 e. The third-order valence-corrected chi connectivity index (χ3v) is 17.6. The van der Waals surface area contributed by atoms with Gasteiger partial charge in [-0.1, -0.05) is 84.9 Å². The van der Waals surface area contributed by atoms with Crippen LogP contribution < -0.4 is 0 Å². The summed E-state index contributed by atoms with van der Waals surface area (Å²) in [6.45, 7) is 18.5. The van der Waals surface area contributed by atoms with E-state index >= 15 is 0 Å². The first kappa shape index (κ1) is 61.4. The summed E-state index contributed by atoms with van der Waals surface area (Å²) in [6.07, 6.45) is 11.8. The lowest BCUT2D eigenvalue weighted by Gasteiger charge is -2.42. The predicted molar refractivity (Wildman–Crippen MR) is 277 cm³/mol. The number of fused-ring (bicyclic) bond motifs is 3. The minimum Gasteiger partial charge on any atom is -0.460 e. The third-order valence-electron chi connectivity index (χ3n) is 15.5. The monoisotopic (exact) mass is 1030 g/mol. The predicted octanol–water partition coefficient (Wildman–Crippen LogP) is 8.77. The number of cyclic esters (lactones) is 1. The number of carbonyl (C=O) groups is 5. The Hall–Kier alpha value is -3.14. The normalized spacial score (nSPS) is 37.5. The average molecular weight is 1030 g/mol. The fraction of sp³-hybridized carbons (Fsp3) is 0.768. The van der Waals surface area contributed by atoms with Crippen LogP contribution in [-0.4, -0.2) is 140 Å². The van der Waals surface area contributed by atoms with Crippen molar-refractivity contribution in [2.45, 2.75) is 194 Å². The zero-order chi connectivity index (χ0) is 53.7. The van der Waals surface area contributed by atoms with Gasteiger partial charge < -0.3 is 43.3 Å². The van der Waals surface area contributed by atoms with Crippen LogP contribution in [0.5, 0.6) is 0 Å². The lowest BCUT2D eigenvalue weighted by atomic mass is 9.78. The molecule has 16 atom stereocenters. The lowest BCUT2D eigenvalue weighted by Crippen LogP contribution is -2.61. The highest BCUT2D eigenvalue weighted by molar-refractivity contribution is 7.58. The molecule has 2 N–H and O–H groups in total. The maximum absolute atomic E-state index is 14.6. The second kappa shape index (κ2) is 28.1. The molecule has 408 valence electrons. The molecule has 2 bridgehead atoms. The fourth-order valence-electron chi connectivity index (χ4n) is 11.2. The Bertz CT molecular complexity index is 2010. The van der Waals surface area contributed by atoms with Gasteiger partial charge in [-0.25, -0.2) is 4.79 Å². The van der Waals surface area contributed by atoms with E-state index in [1.165, 1.54) is 12.0 Å². The van der Waals surface area contributed by atoms with Crippen molar-refractivity contribution in [2.75, 3.05) is 40.7 Å². The van der Waals surface area contributed by atoms with E-state index in [1.807, 2.05) is 71.9 Å². The minimum atomic E-state index is -2.87. The Morgan fingerprint density at radius 2 is 1.56 bits per heavy atom. The molecule has 1 saturated carbocycles. The SMILES string of the molecule is CO[C@H]1C[C@@H]2CC[C@@H](C)[C@@](O)(O2)C(=O)C(=O)N2CCCC[C@H]2C(=O)O[C@H]([C@H](C)C[C@@H]2CC[C@@H](OP(C)(=O)CC(C)C)[C@H](OC)C2)CC(=O)[C@H](C)/C=C(\C)[C@@H](O)[C@@H](OC)C(=O)[C@H](C)C[C@H](C)/C=C/C=CC=C1C. The molecule has 0 spiro atoms. The number of esters is 1. The van der Waals surface area contributed by atoms with Gasteiger partial charge in [-0.2, -0.15) is 0 Å². The van der Waals surface area contributed by atoms with Crippen molar-refractivity contribution in [2.24, 2.45) is 41.4 Å². The number of hydrogen-bond acceptors (Lipinski definition) is 14. The Morgan fingerprint density at radius 1 is 0.847 bits per heavy atom. The summed E-state index contributed by atoms with van der Waals surface area (Å²) in [4.78, 5) is 72.5. The van der Waals surface area contributed by atoms with Crippen molar-refractivity contribution < 1.29 is 67.0 Å². The summed E-state index contributed by atoms with van der Waals surface area (Å²) >= 11 is 0. The molecule has 0 aromatic rings. The molecular weight excluding hydrogens is 942 g/mol.